The van der Waals surface area contributed by atoms with Crippen LogP contribution in [0, 0.1) is 0 Å². The summed E-state index contributed by atoms with van der Waals surface area (Å²) in [7, 11) is 0. The molecule has 0 aliphatic heterocycles. The molecule has 0 saturated carbocycles. The highest BCUT2D eigenvalue weighted by Crippen LogP contribution is 1.89. The van der Waals surface area contributed by atoms with Crippen LogP contribution < -0.4 is 0 Å². The second kappa shape index (κ2) is 9.18. The monoisotopic (exact) mass is 152 g/mol. The van der Waals surface area contributed by atoms with Crippen LogP contribution in [-0.2, 0) is 0 Å². The first-order valence-corrected chi connectivity index (χ1v) is 3.97. The fourth-order valence-corrected chi connectivity index (χ4v) is 0.623. The molecule has 1 heteroatoms. The zero-order chi connectivity index (χ0) is 8.36. The molecule has 0 atom stereocenters. The average molecular weight is 152 g/mol. The van der Waals surface area contributed by atoms with Gasteiger partial charge in [-0.15, -0.1) is 0 Å². The van der Waals surface area contributed by atoms with Gasteiger partial charge < -0.3 is 5.11 Å². The summed E-state index contributed by atoms with van der Waals surface area (Å²) in [6.45, 7) is 2.27. The molecule has 0 rings (SSSR count). The average Bonchev–Trinajstić information content (AvgIpc) is 2.03. The maximum Gasteiger partial charge on any atom is 0.0433 e. The fourth-order valence-electron chi connectivity index (χ4n) is 0.623. The highest BCUT2D eigenvalue weighted by atomic mass is 16.2. The van der Waals surface area contributed by atoms with Gasteiger partial charge in [0.1, 0.15) is 0 Å². The van der Waals surface area contributed by atoms with E-state index in [1.54, 1.807) is 0 Å². The van der Waals surface area contributed by atoms with Gasteiger partial charge >= 0.3 is 0 Å². The van der Waals surface area contributed by atoms with Crippen molar-refractivity contribution in [3.63, 3.8) is 0 Å². The molecule has 1 nitrogen and oxygen atoms in total. The van der Waals surface area contributed by atoms with Crippen LogP contribution in [0.2, 0.25) is 0 Å². The predicted octanol–water partition coefficient (Wildman–Crippen LogP) is 2.45. The van der Waals surface area contributed by atoms with E-state index in [-0.39, 0.29) is 6.61 Å². The van der Waals surface area contributed by atoms with Crippen LogP contribution in [0.1, 0.15) is 19.8 Å². The van der Waals surface area contributed by atoms with Gasteiger partial charge in [0.15, 0.2) is 0 Å². The van der Waals surface area contributed by atoms with Crippen molar-refractivity contribution in [2.24, 2.45) is 0 Å². The van der Waals surface area contributed by atoms with Crippen LogP contribution in [0.25, 0.3) is 0 Å². The Labute approximate surface area is 68.7 Å². The Balaban J connectivity index is 3.28. The Bertz CT molecular complexity index is 143. The molecule has 0 bridgehead atoms. The molecule has 0 aromatic heterocycles. The third-order valence-electron chi connectivity index (χ3n) is 1.19. The van der Waals surface area contributed by atoms with E-state index in [0.717, 1.165) is 12.8 Å². The van der Waals surface area contributed by atoms with Crippen molar-refractivity contribution < 1.29 is 5.11 Å². The van der Waals surface area contributed by atoms with Crippen LogP contribution >= 0.6 is 0 Å². The molecular weight excluding hydrogens is 136 g/mol. The highest BCUT2D eigenvalue weighted by Gasteiger charge is 1.75. The molecule has 0 amide bonds. The van der Waals surface area contributed by atoms with Gasteiger partial charge in [0.25, 0.3) is 0 Å². The van der Waals surface area contributed by atoms with Crippen molar-refractivity contribution in [2.45, 2.75) is 19.8 Å². The lowest BCUT2D eigenvalue weighted by molar-refractivity contribution is 0.289. The van der Waals surface area contributed by atoms with E-state index in [2.05, 4.69) is 6.08 Å². The molecule has 0 aromatic carbocycles. The van der Waals surface area contributed by atoms with E-state index >= 15 is 0 Å². The van der Waals surface area contributed by atoms with Crippen LogP contribution in [0.15, 0.2) is 36.5 Å². The molecule has 62 valence electrons. The number of hydrogen-bond donors (Lipinski definition) is 1. The standard InChI is InChI=1S/C10H16O/c1-2-3-4-5-6-7-8-9-10-11/h2-7,11H,8-10H2,1H3/b3-2+,5-4+,7-6+. The van der Waals surface area contributed by atoms with Crippen LogP contribution in [-0.4, -0.2) is 11.7 Å². The largest absolute Gasteiger partial charge is 0.396 e. The molecule has 1 N–H and O–H groups in total. The first-order chi connectivity index (χ1) is 5.41. The predicted molar refractivity (Wildman–Crippen MR) is 49.4 cm³/mol. The maximum absolute atomic E-state index is 8.44. The Morgan fingerprint density at radius 1 is 1.09 bits per heavy atom. The third kappa shape index (κ3) is 9.18. The smallest absolute Gasteiger partial charge is 0.0433 e. The number of allylic oxidation sites excluding steroid dienone is 6. The third-order valence-corrected chi connectivity index (χ3v) is 1.19. The van der Waals surface area contributed by atoms with E-state index < -0.39 is 0 Å². The Kier molecular flexibility index (Phi) is 8.50. The number of aliphatic hydroxyl groups is 1. The van der Waals surface area contributed by atoms with E-state index in [4.69, 9.17) is 5.11 Å². The lowest BCUT2D eigenvalue weighted by Gasteiger charge is -1.84. The molecule has 0 heterocycles. The summed E-state index contributed by atoms with van der Waals surface area (Å²) in [5, 5.41) is 8.44. The normalized spacial score (nSPS) is 12.5. The second-order valence-electron chi connectivity index (χ2n) is 2.20. The summed E-state index contributed by atoms with van der Waals surface area (Å²) >= 11 is 0. The molecule has 0 aliphatic carbocycles. The van der Waals surface area contributed by atoms with Crippen molar-refractivity contribution in [1.82, 2.24) is 0 Å². The zero-order valence-electron chi connectivity index (χ0n) is 7.03. The quantitative estimate of drug-likeness (QED) is 0.474. The summed E-state index contributed by atoms with van der Waals surface area (Å²) < 4.78 is 0. The van der Waals surface area contributed by atoms with E-state index in [1.807, 2.05) is 37.3 Å². The van der Waals surface area contributed by atoms with Crippen LogP contribution in [0.5, 0.6) is 0 Å². The molecule has 0 saturated heterocycles. The summed E-state index contributed by atoms with van der Waals surface area (Å²) in [4.78, 5) is 0. The molecule has 0 aliphatic rings. The summed E-state index contributed by atoms with van der Waals surface area (Å²) in [6.07, 6.45) is 13.8. The minimum absolute atomic E-state index is 0.281. The topological polar surface area (TPSA) is 20.2 Å². The second-order valence-corrected chi connectivity index (χ2v) is 2.20. The van der Waals surface area contributed by atoms with Crippen LogP contribution in [0.3, 0.4) is 0 Å². The minimum atomic E-state index is 0.281. The van der Waals surface area contributed by atoms with Crippen molar-refractivity contribution in [1.29, 1.82) is 0 Å². The molecule has 0 spiro atoms. The lowest BCUT2D eigenvalue weighted by Crippen LogP contribution is -1.77. The fraction of sp³-hybridized carbons (Fsp3) is 0.400. The Hall–Kier alpha value is -0.820. The molecule has 0 unspecified atom stereocenters. The first kappa shape index (κ1) is 10.2. The van der Waals surface area contributed by atoms with Crippen LogP contribution in [0.4, 0.5) is 0 Å². The highest BCUT2D eigenvalue weighted by molar-refractivity contribution is 5.10. The first-order valence-electron chi connectivity index (χ1n) is 3.97. The van der Waals surface area contributed by atoms with Crippen molar-refractivity contribution >= 4 is 0 Å². The van der Waals surface area contributed by atoms with Gasteiger partial charge in [-0.05, 0) is 19.8 Å². The van der Waals surface area contributed by atoms with E-state index in [1.165, 1.54) is 0 Å². The van der Waals surface area contributed by atoms with Gasteiger partial charge in [-0.1, -0.05) is 36.5 Å². The maximum atomic E-state index is 8.44. The SMILES string of the molecule is C/C=C/C=C/C=C/CCCO. The van der Waals surface area contributed by atoms with Crippen molar-refractivity contribution in [3.05, 3.63) is 36.5 Å². The van der Waals surface area contributed by atoms with Gasteiger partial charge in [0.05, 0.1) is 0 Å². The number of hydrogen-bond acceptors (Lipinski definition) is 1. The minimum Gasteiger partial charge on any atom is -0.396 e. The molecule has 0 aromatic rings. The molecule has 0 fully saturated rings. The lowest BCUT2D eigenvalue weighted by atomic mass is 10.3. The summed E-state index contributed by atoms with van der Waals surface area (Å²) in [5.41, 5.74) is 0. The van der Waals surface area contributed by atoms with Gasteiger partial charge in [0, 0.05) is 6.61 Å². The zero-order valence-corrected chi connectivity index (χ0v) is 7.03. The van der Waals surface area contributed by atoms with Crippen molar-refractivity contribution in [2.75, 3.05) is 6.61 Å². The van der Waals surface area contributed by atoms with Gasteiger partial charge in [-0.3, -0.25) is 0 Å². The summed E-state index contributed by atoms with van der Waals surface area (Å²) in [6, 6.07) is 0. The number of rotatable bonds is 5. The van der Waals surface area contributed by atoms with Crippen molar-refractivity contribution in [3.8, 4) is 0 Å². The molecule has 0 radical (unpaired) electrons. The Morgan fingerprint density at radius 2 is 1.82 bits per heavy atom. The van der Waals surface area contributed by atoms with Gasteiger partial charge in [-0.2, -0.15) is 0 Å². The van der Waals surface area contributed by atoms with E-state index in [9.17, 15) is 0 Å². The molecular formula is C10H16O. The van der Waals surface area contributed by atoms with E-state index in [0.29, 0.717) is 0 Å². The van der Waals surface area contributed by atoms with Gasteiger partial charge in [-0.25, -0.2) is 0 Å². The number of unbranched alkanes of at least 4 members (excludes halogenated alkanes) is 1. The molecule has 11 heavy (non-hydrogen) atoms. The van der Waals surface area contributed by atoms with Gasteiger partial charge in [0.2, 0.25) is 0 Å². The summed E-state index contributed by atoms with van der Waals surface area (Å²) in [5.74, 6) is 0. The Morgan fingerprint density at radius 3 is 2.45 bits per heavy atom. The number of aliphatic hydroxyl groups excluding tert-OH is 1.